The molecule has 8 atom stereocenters. The largest absolute Gasteiger partial charge is 0.460 e. The molecule has 0 spiro atoms. The highest BCUT2D eigenvalue weighted by molar-refractivity contribution is 14.1. The molecule has 3 saturated heterocycles. The number of hydrogen-bond donors (Lipinski definition) is 2. The molecule has 0 aromatic heterocycles. The van der Waals surface area contributed by atoms with Crippen molar-refractivity contribution in [2.45, 2.75) is 133 Å². The fourth-order valence-electron chi connectivity index (χ4n) is 9.32. The van der Waals surface area contributed by atoms with Crippen LogP contribution in [0.15, 0.2) is 54.6 Å². The van der Waals surface area contributed by atoms with E-state index < -0.39 is 89.7 Å². The van der Waals surface area contributed by atoms with E-state index in [1.165, 1.54) is 4.90 Å². The van der Waals surface area contributed by atoms with E-state index in [1.807, 2.05) is 54.6 Å². The number of carbonyl (C=O) groups excluding carboxylic acids is 4. The van der Waals surface area contributed by atoms with Gasteiger partial charge in [0, 0.05) is 41.7 Å². The van der Waals surface area contributed by atoms with Crippen LogP contribution in [0.1, 0.15) is 76.8 Å². The lowest BCUT2D eigenvalue weighted by Gasteiger charge is -2.50. The third-order valence-corrected chi connectivity index (χ3v) is 12.9. The molecule has 2 aromatic rings. The second-order valence-electron chi connectivity index (χ2n) is 17.4. The van der Waals surface area contributed by atoms with E-state index in [1.54, 1.807) is 32.9 Å². The number of esters is 2. The minimum absolute atomic E-state index is 0.0154. The van der Waals surface area contributed by atoms with Crippen molar-refractivity contribution in [3.05, 3.63) is 69.3 Å². The van der Waals surface area contributed by atoms with Gasteiger partial charge in [-0.1, -0.05) is 42.5 Å². The second-order valence-corrected chi connectivity index (χ2v) is 18.7. The zero-order chi connectivity index (χ0) is 39.6. The zero-order valence-corrected chi connectivity index (χ0v) is 34.5. The van der Waals surface area contributed by atoms with Crippen LogP contribution in [-0.4, -0.2) is 106 Å². The molecule has 8 unspecified atom stereocenters. The summed E-state index contributed by atoms with van der Waals surface area (Å²) in [6, 6.07) is 14.3. The van der Waals surface area contributed by atoms with Gasteiger partial charge in [-0.05, 0) is 98.7 Å². The molecule has 2 amide bonds. The highest BCUT2D eigenvalue weighted by Gasteiger charge is 2.78. The van der Waals surface area contributed by atoms with Crippen LogP contribution in [0.3, 0.4) is 0 Å². The van der Waals surface area contributed by atoms with Gasteiger partial charge in [-0.2, -0.15) is 5.06 Å². The van der Waals surface area contributed by atoms with Gasteiger partial charge in [0.1, 0.15) is 41.5 Å². The molecule has 8 rings (SSSR count). The summed E-state index contributed by atoms with van der Waals surface area (Å²) in [6.07, 6.45) is 1.46. The fraction of sp³-hybridized carbons (Fsp3) is 0.619. The van der Waals surface area contributed by atoms with E-state index in [-0.39, 0.29) is 44.1 Å². The molecular weight excluding hydrogens is 833 g/mol. The predicted molar refractivity (Wildman–Crippen MR) is 209 cm³/mol. The van der Waals surface area contributed by atoms with Crippen LogP contribution >= 0.6 is 22.6 Å². The molecule has 14 heteroatoms. The van der Waals surface area contributed by atoms with Crippen LogP contribution in [0.4, 0.5) is 0 Å². The first-order valence-corrected chi connectivity index (χ1v) is 21.0. The molecule has 2 aromatic carbocycles. The van der Waals surface area contributed by atoms with Gasteiger partial charge < -0.3 is 34.3 Å². The van der Waals surface area contributed by atoms with Crippen molar-refractivity contribution in [1.82, 2.24) is 15.3 Å². The van der Waals surface area contributed by atoms with E-state index in [2.05, 4.69) is 27.9 Å². The molecular formula is C42H52IN3O10. The summed E-state index contributed by atoms with van der Waals surface area (Å²) in [6.45, 7) is 5.13. The monoisotopic (exact) mass is 885 g/mol. The van der Waals surface area contributed by atoms with Crippen molar-refractivity contribution in [2.24, 2.45) is 17.3 Å². The van der Waals surface area contributed by atoms with E-state index in [0.717, 1.165) is 40.4 Å². The summed E-state index contributed by atoms with van der Waals surface area (Å²) in [5, 5.41) is 14.8. The Morgan fingerprint density at radius 2 is 1.66 bits per heavy atom. The van der Waals surface area contributed by atoms with Crippen LogP contribution in [0.25, 0.3) is 0 Å². The Labute approximate surface area is 341 Å². The van der Waals surface area contributed by atoms with Crippen molar-refractivity contribution in [2.75, 3.05) is 13.7 Å². The number of nitrogens with one attached hydrogen (secondary N) is 1. The molecule has 2 N–H and O–H groups in total. The van der Waals surface area contributed by atoms with Gasteiger partial charge in [0.25, 0.3) is 0 Å². The first kappa shape index (κ1) is 39.7. The maximum absolute atomic E-state index is 15.6. The number of benzene rings is 2. The smallest absolute Gasteiger partial charge is 0.327 e. The minimum atomic E-state index is -1.46. The molecule has 302 valence electrons. The van der Waals surface area contributed by atoms with Crippen LogP contribution in [0.5, 0.6) is 0 Å². The van der Waals surface area contributed by atoms with Crippen LogP contribution < -0.4 is 5.32 Å². The summed E-state index contributed by atoms with van der Waals surface area (Å²) in [7, 11) is 1.59. The van der Waals surface area contributed by atoms with E-state index >= 15 is 4.79 Å². The standard InChI is InChI=1S/C42H52IN3O10/c1-40(2,3)53-32(48)19-18-29(23-47)44-37(49)30(20-24-8-6-5-7-9-24)45(4)39(51)41-21-31-33-34(55-42(54-33,26-12-13-26)27-14-15-27)36(41)56-46(35(41)38(50)52-31)22-25-10-16-28(43)17-11-25/h5-11,16-17,26-27,29-31,33-36,47H,12-15,18-23H2,1-4H3,(H,44,49). The van der Waals surface area contributed by atoms with Crippen molar-refractivity contribution in [3.8, 4) is 0 Å². The molecule has 6 aliphatic rings. The van der Waals surface area contributed by atoms with E-state index in [0.29, 0.717) is 0 Å². The first-order chi connectivity index (χ1) is 26.7. The van der Waals surface area contributed by atoms with Crippen LogP contribution in [-0.2, 0) is 55.9 Å². The Kier molecular flexibility index (Phi) is 10.8. The number of amides is 2. The Bertz CT molecular complexity index is 1800. The molecule has 56 heavy (non-hydrogen) atoms. The fourth-order valence-corrected chi connectivity index (χ4v) is 9.68. The molecule has 2 bridgehead atoms. The van der Waals surface area contributed by atoms with E-state index in [4.69, 9.17) is 23.8 Å². The molecule has 3 aliphatic carbocycles. The van der Waals surface area contributed by atoms with Gasteiger partial charge in [0.15, 0.2) is 11.8 Å². The molecule has 0 radical (unpaired) electrons. The van der Waals surface area contributed by atoms with Crippen molar-refractivity contribution in [3.63, 3.8) is 0 Å². The Morgan fingerprint density at radius 1 is 1.00 bits per heavy atom. The number of aliphatic hydroxyl groups excluding tert-OH is 1. The number of carbonyl (C=O) groups is 4. The van der Waals surface area contributed by atoms with Crippen molar-refractivity contribution >= 4 is 46.3 Å². The summed E-state index contributed by atoms with van der Waals surface area (Å²) < 4.78 is 26.6. The maximum Gasteiger partial charge on any atom is 0.327 e. The number of halogens is 1. The van der Waals surface area contributed by atoms with Gasteiger partial charge in [-0.15, -0.1) is 0 Å². The minimum Gasteiger partial charge on any atom is -0.460 e. The lowest BCUT2D eigenvalue weighted by molar-refractivity contribution is -0.235. The van der Waals surface area contributed by atoms with E-state index in [9.17, 15) is 19.5 Å². The van der Waals surface area contributed by atoms with Gasteiger partial charge in [0.05, 0.1) is 19.2 Å². The van der Waals surface area contributed by atoms with Crippen LogP contribution in [0, 0.1) is 20.8 Å². The maximum atomic E-state index is 15.6. The van der Waals surface area contributed by atoms with Crippen molar-refractivity contribution < 1.29 is 48.1 Å². The summed E-state index contributed by atoms with van der Waals surface area (Å²) >= 11 is 2.24. The SMILES string of the molecule is CN(C(=O)C12CC3OC(=O)C1N(Cc1ccc(I)cc1)OC2C1OC(C2CC2)(C2CC2)OC31)C(Cc1ccccc1)C(=O)NC(CO)CCC(=O)OC(C)(C)C. The molecule has 3 aliphatic heterocycles. The van der Waals surface area contributed by atoms with Crippen molar-refractivity contribution in [1.29, 1.82) is 0 Å². The number of nitrogens with zero attached hydrogens (tertiary/aromatic N) is 2. The van der Waals surface area contributed by atoms with Crippen LogP contribution in [0.2, 0.25) is 0 Å². The number of rotatable bonds is 14. The summed E-state index contributed by atoms with van der Waals surface area (Å²) in [5.41, 5.74) is -0.431. The lowest BCUT2D eigenvalue weighted by Crippen LogP contribution is -2.70. The molecule has 3 heterocycles. The number of aliphatic hydroxyl groups is 1. The lowest BCUT2D eigenvalue weighted by atomic mass is 9.62. The number of likely N-dealkylation sites (N-methyl/N-ethyl adjacent to an activating group) is 1. The summed E-state index contributed by atoms with van der Waals surface area (Å²) in [4.78, 5) is 65.1. The Hall–Kier alpha value is -3.15. The first-order valence-electron chi connectivity index (χ1n) is 19.9. The topological polar surface area (TPSA) is 153 Å². The number of fused-ring (bicyclic) bond motifs is 4. The number of hydrogen-bond acceptors (Lipinski definition) is 11. The Morgan fingerprint density at radius 3 is 2.29 bits per heavy atom. The summed E-state index contributed by atoms with van der Waals surface area (Å²) in [5.74, 6) is -2.27. The highest BCUT2D eigenvalue weighted by atomic mass is 127. The number of hydroxylamine groups is 2. The highest BCUT2D eigenvalue weighted by Crippen LogP contribution is 2.64. The average molecular weight is 886 g/mol. The number of ether oxygens (including phenoxy) is 4. The zero-order valence-electron chi connectivity index (χ0n) is 32.4. The predicted octanol–water partition coefficient (Wildman–Crippen LogP) is 4.06. The third kappa shape index (κ3) is 7.49. The second kappa shape index (κ2) is 15.2. The quantitative estimate of drug-likeness (QED) is 0.209. The molecule has 3 saturated carbocycles. The van der Waals surface area contributed by atoms with Gasteiger partial charge in [-0.25, -0.2) is 0 Å². The molecule has 6 fully saturated rings. The van der Waals surface area contributed by atoms with Gasteiger partial charge >= 0.3 is 11.9 Å². The van der Waals surface area contributed by atoms with Gasteiger partial charge in [0.2, 0.25) is 11.8 Å². The average Bonchev–Trinajstić information content (AvgIpc) is 4.11. The van der Waals surface area contributed by atoms with Gasteiger partial charge in [-0.3, -0.25) is 24.0 Å². The Balaban J connectivity index is 1.12. The molecule has 13 nitrogen and oxygen atoms in total. The third-order valence-electron chi connectivity index (χ3n) is 12.2. The normalized spacial score (nSPS) is 30.2.